The Morgan fingerprint density at radius 2 is 1.71 bits per heavy atom. The summed E-state index contributed by atoms with van der Waals surface area (Å²) in [6.07, 6.45) is -4.51. The van der Waals surface area contributed by atoms with Gasteiger partial charge in [-0.25, -0.2) is 0 Å². The lowest BCUT2D eigenvalue weighted by Gasteiger charge is -2.05. The second kappa shape index (κ2) is 3.73. The minimum Gasteiger partial charge on any atom is -0.322 e. The first-order valence-electron chi connectivity index (χ1n) is 4.62. The molecule has 0 saturated heterocycles. The van der Waals surface area contributed by atoms with Gasteiger partial charge in [0.2, 0.25) is 5.56 Å². The van der Waals surface area contributed by atoms with Crippen molar-refractivity contribution in [1.29, 1.82) is 0 Å². The van der Waals surface area contributed by atoms with Gasteiger partial charge in [0.15, 0.2) is 5.43 Å². The molecule has 0 saturated carbocycles. The average molecular weight is 241 g/mol. The standard InChI is InChI=1S/C11H6F3NO2/c12-11(13,14)6-1-2-7-8(5-6)15-10(17)4-3-9(7)16/h1-5H,(H,15,17). The molecule has 0 aliphatic heterocycles. The second-order valence-electron chi connectivity index (χ2n) is 3.44. The summed E-state index contributed by atoms with van der Waals surface area (Å²) in [6, 6.07) is 4.61. The van der Waals surface area contributed by atoms with Gasteiger partial charge in [-0.05, 0) is 24.3 Å². The second-order valence-corrected chi connectivity index (χ2v) is 3.44. The van der Waals surface area contributed by atoms with Crippen molar-refractivity contribution in [1.82, 2.24) is 4.98 Å². The van der Waals surface area contributed by atoms with Crippen LogP contribution in [0.5, 0.6) is 0 Å². The predicted molar refractivity (Wildman–Crippen MR) is 55.8 cm³/mol. The van der Waals surface area contributed by atoms with Crippen molar-refractivity contribution < 1.29 is 13.2 Å². The summed E-state index contributed by atoms with van der Waals surface area (Å²) in [4.78, 5) is 24.8. The molecule has 0 aliphatic carbocycles. The van der Waals surface area contributed by atoms with Crippen molar-refractivity contribution in [3.05, 3.63) is 56.5 Å². The topological polar surface area (TPSA) is 49.9 Å². The number of hydrogen-bond donors (Lipinski definition) is 1. The van der Waals surface area contributed by atoms with Gasteiger partial charge in [0.25, 0.3) is 0 Å². The van der Waals surface area contributed by atoms with E-state index in [4.69, 9.17) is 0 Å². The third-order valence-corrected chi connectivity index (χ3v) is 2.26. The highest BCUT2D eigenvalue weighted by Gasteiger charge is 2.30. The molecule has 0 spiro atoms. The molecular weight excluding hydrogens is 235 g/mol. The van der Waals surface area contributed by atoms with Gasteiger partial charge in [-0.2, -0.15) is 13.2 Å². The van der Waals surface area contributed by atoms with Gasteiger partial charge in [-0.3, -0.25) is 9.59 Å². The third-order valence-electron chi connectivity index (χ3n) is 2.26. The first kappa shape index (κ1) is 11.4. The fraction of sp³-hybridized carbons (Fsp3) is 0.0909. The van der Waals surface area contributed by atoms with Crippen molar-refractivity contribution in [3.63, 3.8) is 0 Å². The quantitative estimate of drug-likeness (QED) is 0.765. The van der Waals surface area contributed by atoms with Gasteiger partial charge in [-0.1, -0.05) is 0 Å². The summed E-state index contributed by atoms with van der Waals surface area (Å²) in [5.74, 6) is 0. The van der Waals surface area contributed by atoms with Gasteiger partial charge >= 0.3 is 6.18 Å². The van der Waals surface area contributed by atoms with Gasteiger partial charge < -0.3 is 4.98 Å². The largest absolute Gasteiger partial charge is 0.416 e. The number of rotatable bonds is 0. The average Bonchev–Trinajstić information content (AvgIpc) is 2.37. The van der Waals surface area contributed by atoms with Crippen molar-refractivity contribution in [2.45, 2.75) is 6.18 Å². The molecule has 1 heterocycles. The Morgan fingerprint density at radius 3 is 2.35 bits per heavy atom. The van der Waals surface area contributed by atoms with Crippen LogP contribution in [0.15, 0.2) is 39.9 Å². The van der Waals surface area contributed by atoms with E-state index < -0.39 is 22.7 Å². The Hall–Kier alpha value is -2.11. The van der Waals surface area contributed by atoms with E-state index >= 15 is 0 Å². The molecular formula is C11H6F3NO2. The van der Waals surface area contributed by atoms with Crippen LogP contribution in [0.1, 0.15) is 5.56 Å². The molecule has 1 aromatic heterocycles. The van der Waals surface area contributed by atoms with E-state index in [1.54, 1.807) is 0 Å². The summed E-state index contributed by atoms with van der Waals surface area (Å²) in [5, 5.41) is 0.0418. The Labute approximate surface area is 92.5 Å². The molecule has 17 heavy (non-hydrogen) atoms. The maximum absolute atomic E-state index is 12.4. The molecule has 0 aliphatic rings. The number of aromatic amines is 1. The summed E-state index contributed by atoms with van der Waals surface area (Å²) in [6.45, 7) is 0. The van der Waals surface area contributed by atoms with Crippen LogP contribution in [0.2, 0.25) is 0 Å². The van der Waals surface area contributed by atoms with E-state index in [9.17, 15) is 22.8 Å². The predicted octanol–water partition coefficient (Wildman–Crippen LogP) is 1.91. The SMILES string of the molecule is O=c1ccc(=O)c2ccc(C(F)(F)F)cc2[nH]1. The number of alkyl halides is 3. The van der Waals surface area contributed by atoms with E-state index in [2.05, 4.69) is 4.98 Å². The number of nitrogens with one attached hydrogen (secondary N) is 1. The summed E-state index contributed by atoms with van der Waals surface area (Å²) < 4.78 is 37.3. The van der Waals surface area contributed by atoms with Crippen LogP contribution in [0.3, 0.4) is 0 Å². The first-order chi connectivity index (χ1) is 7.88. The van der Waals surface area contributed by atoms with Crippen molar-refractivity contribution in [2.75, 3.05) is 0 Å². The molecule has 3 nitrogen and oxygen atoms in total. The number of H-pyrrole nitrogens is 1. The van der Waals surface area contributed by atoms with E-state index in [0.717, 1.165) is 30.3 Å². The molecule has 1 N–H and O–H groups in total. The molecule has 0 amide bonds. The molecule has 0 bridgehead atoms. The van der Waals surface area contributed by atoms with Crippen LogP contribution in [0.4, 0.5) is 13.2 Å². The molecule has 2 rings (SSSR count). The van der Waals surface area contributed by atoms with Gasteiger partial charge in [0.1, 0.15) is 0 Å². The van der Waals surface area contributed by atoms with Gasteiger partial charge in [0, 0.05) is 11.5 Å². The van der Waals surface area contributed by atoms with E-state index in [-0.39, 0.29) is 10.9 Å². The number of halogens is 3. The summed E-state index contributed by atoms with van der Waals surface area (Å²) in [7, 11) is 0. The molecule has 0 fully saturated rings. The van der Waals surface area contributed by atoms with Crippen molar-refractivity contribution >= 4 is 10.9 Å². The molecule has 0 atom stereocenters. The minimum absolute atomic E-state index is 0.0418. The number of aromatic nitrogens is 1. The molecule has 0 unspecified atom stereocenters. The van der Waals surface area contributed by atoms with Crippen LogP contribution in [-0.4, -0.2) is 4.98 Å². The molecule has 1 aromatic carbocycles. The maximum atomic E-state index is 12.4. The molecule has 2 aromatic rings. The zero-order valence-electron chi connectivity index (χ0n) is 8.34. The summed E-state index contributed by atoms with van der Waals surface area (Å²) in [5.41, 5.74) is -2.17. The summed E-state index contributed by atoms with van der Waals surface area (Å²) >= 11 is 0. The van der Waals surface area contributed by atoms with Gasteiger partial charge in [-0.15, -0.1) is 0 Å². The highest BCUT2D eigenvalue weighted by atomic mass is 19.4. The zero-order valence-corrected chi connectivity index (χ0v) is 8.34. The Morgan fingerprint density at radius 1 is 1.00 bits per heavy atom. The molecule has 0 radical (unpaired) electrons. The lowest BCUT2D eigenvalue weighted by molar-refractivity contribution is -0.137. The Balaban J connectivity index is 2.88. The fourth-order valence-corrected chi connectivity index (χ4v) is 1.45. The zero-order chi connectivity index (χ0) is 12.6. The Bertz CT molecular complexity index is 689. The highest BCUT2D eigenvalue weighted by molar-refractivity contribution is 5.78. The van der Waals surface area contributed by atoms with E-state index in [1.807, 2.05) is 0 Å². The lowest BCUT2D eigenvalue weighted by atomic mass is 10.1. The van der Waals surface area contributed by atoms with E-state index in [0.29, 0.717) is 0 Å². The Kier molecular flexibility index (Phi) is 2.49. The third kappa shape index (κ3) is 2.20. The number of hydrogen-bond acceptors (Lipinski definition) is 2. The minimum atomic E-state index is -4.51. The van der Waals surface area contributed by atoms with Crippen LogP contribution in [-0.2, 0) is 6.18 Å². The first-order valence-corrected chi connectivity index (χ1v) is 4.62. The number of fused-ring (bicyclic) bond motifs is 1. The lowest BCUT2D eigenvalue weighted by Crippen LogP contribution is -2.06. The number of benzene rings is 1. The van der Waals surface area contributed by atoms with Crippen LogP contribution >= 0.6 is 0 Å². The van der Waals surface area contributed by atoms with Crippen molar-refractivity contribution in [2.24, 2.45) is 0 Å². The monoisotopic (exact) mass is 241 g/mol. The molecule has 6 heteroatoms. The van der Waals surface area contributed by atoms with Gasteiger partial charge in [0.05, 0.1) is 11.1 Å². The normalized spacial score (nSPS) is 11.7. The van der Waals surface area contributed by atoms with Crippen LogP contribution in [0.25, 0.3) is 10.9 Å². The van der Waals surface area contributed by atoms with Crippen molar-refractivity contribution in [3.8, 4) is 0 Å². The fourth-order valence-electron chi connectivity index (χ4n) is 1.45. The van der Waals surface area contributed by atoms with Crippen LogP contribution in [0, 0.1) is 0 Å². The molecule has 88 valence electrons. The highest BCUT2D eigenvalue weighted by Crippen LogP contribution is 2.30. The maximum Gasteiger partial charge on any atom is 0.416 e. The van der Waals surface area contributed by atoms with E-state index in [1.165, 1.54) is 0 Å². The smallest absolute Gasteiger partial charge is 0.322 e. The van der Waals surface area contributed by atoms with Crippen LogP contribution < -0.4 is 11.0 Å².